The first-order valence-electron chi connectivity index (χ1n) is 13.6. The molecule has 5 aromatic rings. The van der Waals surface area contributed by atoms with Gasteiger partial charge < -0.3 is 23.2 Å². The number of aromatic nitrogens is 2. The highest BCUT2D eigenvalue weighted by atomic mass is 16.7. The van der Waals surface area contributed by atoms with Crippen LogP contribution in [0.5, 0.6) is 0 Å². The summed E-state index contributed by atoms with van der Waals surface area (Å²) in [7, 11) is 0. The molecule has 11 nitrogen and oxygen atoms in total. The fourth-order valence-corrected chi connectivity index (χ4v) is 5.21. The van der Waals surface area contributed by atoms with Crippen LogP contribution < -0.4 is 11.3 Å². The number of ether oxygens (including phenoxy) is 1. The number of para-hydroxylation sites is 1. The lowest BCUT2D eigenvalue weighted by molar-refractivity contribution is -0.102. The zero-order valence-corrected chi connectivity index (χ0v) is 22.6. The summed E-state index contributed by atoms with van der Waals surface area (Å²) in [5.41, 5.74) is 8.24. The fourth-order valence-electron chi connectivity index (χ4n) is 5.21. The summed E-state index contributed by atoms with van der Waals surface area (Å²) in [4.78, 5) is 38.6. The Hall–Kier alpha value is -5.00. The molecule has 1 saturated carbocycles. The molecule has 7 rings (SSSR count). The first kappa shape index (κ1) is 25.9. The third-order valence-electron chi connectivity index (χ3n) is 7.42. The van der Waals surface area contributed by atoms with Crippen molar-refractivity contribution < 1.29 is 28.3 Å². The van der Waals surface area contributed by atoms with Gasteiger partial charge in [0.15, 0.2) is 24.0 Å². The zero-order chi connectivity index (χ0) is 28.8. The van der Waals surface area contributed by atoms with Gasteiger partial charge in [0.25, 0.3) is 6.41 Å². The number of hydrogen-bond acceptors (Lipinski definition) is 10. The lowest BCUT2D eigenvalue weighted by atomic mass is 9.98. The Morgan fingerprint density at radius 1 is 1.05 bits per heavy atom. The summed E-state index contributed by atoms with van der Waals surface area (Å²) >= 11 is 0. The average molecular weight is 567 g/mol. The molecule has 2 aliphatic rings. The Morgan fingerprint density at radius 3 is 2.52 bits per heavy atom. The van der Waals surface area contributed by atoms with E-state index in [1.54, 1.807) is 19.1 Å². The van der Waals surface area contributed by atoms with E-state index in [1.807, 2.05) is 42.5 Å². The molecule has 1 fully saturated rings. The number of nitrogens with zero attached hydrogens (tertiary/aromatic N) is 3. The van der Waals surface area contributed by atoms with Crippen LogP contribution in [0.15, 0.2) is 85.4 Å². The van der Waals surface area contributed by atoms with E-state index in [0.717, 1.165) is 46.4 Å². The third kappa shape index (κ3) is 4.89. The van der Waals surface area contributed by atoms with Crippen LogP contribution in [0.1, 0.15) is 57.6 Å². The van der Waals surface area contributed by atoms with Gasteiger partial charge in [-0.15, -0.1) is 0 Å². The number of carbonyl (C=O) groups is 1. The van der Waals surface area contributed by atoms with Crippen LogP contribution in [0.2, 0.25) is 0 Å². The summed E-state index contributed by atoms with van der Waals surface area (Å²) < 4.78 is 17.5. The minimum absolute atomic E-state index is 0.175. The molecule has 3 aromatic carbocycles. The number of rotatable bonds is 8. The Labute approximate surface area is 239 Å². The number of aliphatic imine (C=N–C) groups is 1. The molecule has 0 spiro atoms. The second kappa shape index (κ2) is 10.4. The molecule has 11 heteroatoms. The molecule has 0 radical (unpaired) electrons. The van der Waals surface area contributed by atoms with Crippen molar-refractivity contribution in [2.24, 2.45) is 4.99 Å². The van der Waals surface area contributed by atoms with Crippen molar-refractivity contribution in [3.05, 3.63) is 111 Å². The third-order valence-corrected chi connectivity index (χ3v) is 7.42. The molecule has 0 amide bonds. The monoisotopic (exact) mass is 566 g/mol. The Bertz CT molecular complexity index is 1900. The first-order valence-corrected chi connectivity index (χ1v) is 13.6. The van der Waals surface area contributed by atoms with Gasteiger partial charge in [-0.1, -0.05) is 54.6 Å². The number of carbonyl (C=O) groups excluding carboxylic acids is 1. The van der Waals surface area contributed by atoms with Gasteiger partial charge in [-0.05, 0) is 48.6 Å². The van der Waals surface area contributed by atoms with E-state index in [9.17, 15) is 14.7 Å². The number of aryl methyl sites for hydroxylation is 1. The van der Waals surface area contributed by atoms with Crippen molar-refractivity contribution in [3.63, 3.8) is 0 Å². The van der Waals surface area contributed by atoms with Gasteiger partial charge in [0.2, 0.25) is 0 Å². The lowest BCUT2D eigenvalue weighted by Gasteiger charge is -2.13. The first-order chi connectivity index (χ1) is 20.4. The number of hydroxylamine groups is 1. The summed E-state index contributed by atoms with van der Waals surface area (Å²) in [6, 6.07) is 21.3. The van der Waals surface area contributed by atoms with Crippen molar-refractivity contribution in [3.8, 4) is 11.1 Å². The van der Waals surface area contributed by atoms with Crippen molar-refractivity contribution in [1.29, 1.82) is 0 Å². The molecule has 42 heavy (non-hydrogen) atoms. The standard InChI is InChI=1S/C31H26N4O7/c1-17-25(41-31(38)40-17)16-39-29(36)23-7-4-8-24-26(23)35(28(32-24)20-13-14-20)15-18-9-11-19(12-10-18)21-5-2-3-6-22(21)27-33-30(37)42-34-27/h2-12,20,30,37H,13-16H2,1H3,(H,33,34). The molecule has 2 N–H and O–H groups in total. The normalized spacial score (nSPS) is 16.4. The molecule has 1 aliphatic carbocycles. The van der Waals surface area contributed by atoms with E-state index in [2.05, 4.69) is 27.2 Å². The van der Waals surface area contributed by atoms with E-state index >= 15 is 0 Å². The number of aliphatic hydroxyl groups excluding tert-OH is 1. The molecule has 1 atom stereocenters. The highest BCUT2D eigenvalue weighted by Crippen LogP contribution is 2.41. The molecular weight excluding hydrogens is 540 g/mol. The summed E-state index contributed by atoms with van der Waals surface area (Å²) in [5.74, 6) is 0.819. The van der Waals surface area contributed by atoms with Gasteiger partial charge in [0, 0.05) is 18.0 Å². The topological polar surface area (TPSA) is 141 Å². The van der Waals surface area contributed by atoms with Gasteiger partial charge >= 0.3 is 11.8 Å². The predicted octanol–water partition coefficient (Wildman–Crippen LogP) is 4.40. The van der Waals surface area contributed by atoms with Crippen LogP contribution in [0.25, 0.3) is 22.2 Å². The Balaban J connectivity index is 1.20. The van der Waals surface area contributed by atoms with Gasteiger partial charge in [0.05, 0.1) is 16.6 Å². The predicted molar refractivity (Wildman–Crippen MR) is 151 cm³/mol. The van der Waals surface area contributed by atoms with E-state index < -0.39 is 18.2 Å². The van der Waals surface area contributed by atoms with Crippen LogP contribution in [0, 0.1) is 6.92 Å². The summed E-state index contributed by atoms with van der Waals surface area (Å²) in [6.45, 7) is 1.87. The van der Waals surface area contributed by atoms with E-state index in [1.165, 1.54) is 0 Å². The number of hydrogen-bond donors (Lipinski definition) is 2. The highest BCUT2D eigenvalue weighted by molar-refractivity contribution is 6.04. The highest BCUT2D eigenvalue weighted by Gasteiger charge is 2.31. The molecule has 1 unspecified atom stereocenters. The minimum atomic E-state index is -1.24. The zero-order valence-electron chi connectivity index (χ0n) is 22.6. The Kier molecular flexibility index (Phi) is 6.45. The fraction of sp³-hybridized carbons (Fsp3) is 0.226. The quantitative estimate of drug-likeness (QED) is 0.262. The maximum Gasteiger partial charge on any atom is 0.519 e. The maximum absolute atomic E-state index is 13.3. The van der Waals surface area contributed by atoms with Crippen LogP contribution in [0.3, 0.4) is 0 Å². The smallest absolute Gasteiger partial charge is 0.454 e. The molecule has 3 heterocycles. The van der Waals surface area contributed by atoms with Crippen LogP contribution in [-0.2, 0) is 22.7 Å². The van der Waals surface area contributed by atoms with Crippen molar-refractivity contribution >= 4 is 22.8 Å². The number of aliphatic hydroxyl groups is 1. The Morgan fingerprint density at radius 2 is 1.83 bits per heavy atom. The van der Waals surface area contributed by atoms with E-state index in [4.69, 9.17) is 23.4 Å². The second-order valence-electron chi connectivity index (χ2n) is 10.3. The molecular formula is C31H26N4O7. The molecule has 1 aliphatic heterocycles. The van der Waals surface area contributed by atoms with Gasteiger partial charge in [-0.2, -0.15) is 0 Å². The van der Waals surface area contributed by atoms with Gasteiger partial charge in [-0.3, -0.25) is 0 Å². The molecule has 0 bridgehead atoms. The molecule has 0 saturated heterocycles. The largest absolute Gasteiger partial charge is 0.519 e. The number of esters is 1. The van der Waals surface area contributed by atoms with Crippen LogP contribution in [0.4, 0.5) is 0 Å². The number of benzene rings is 3. The number of nitrogens with one attached hydrogen (secondary N) is 1. The average Bonchev–Trinajstić information content (AvgIpc) is 3.52. The van der Waals surface area contributed by atoms with Gasteiger partial charge in [0.1, 0.15) is 5.82 Å². The van der Waals surface area contributed by atoms with Crippen molar-refractivity contribution in [2.45, 2.75) is 45.2 Å². The minimum Gasteiger partial charge on any atom is -0.454 e. The van der Waals surface area contributed by atoms with Gasteiger partial charge in [-0.25, -0.2) is 29.9 Å². The number of imidazole rings is 1. The van der Waals surface area contributed by atoms with Crippen LogP contribution in [-0.4, -0.2) is 32.9 Å². The maximum atomic E-state index is 13.3. The lowest BCUT2D eigenvalue weighted by Crippen LogP contribution is -2.19. The van der Waals surface area contributed by atoms with Crippen molar-refractivity contribution in [2.75, 3.05) is 0 Å². The van der Waals surface area contributed by atoms with Crippen LogP contribution >= 0.6 is 0 Å². The summed E-state index contributed by atoms with van der Waals surface area (Å²) in [6.07, 6.45) is 0.862. The van der Waals surface area contributed by atoms with E-state index in [-0.39, 0.29) is 18.1 Å². The number of fused-ring (bicyclic) bond motifs is 1. The molecule has 212 valence electrons. The van der Waals surface area contributed by atoms with E-state index in [0.29, 0.717) is 29.4 Å². The SMILES string of the molecule is Cc1oc(=O)oc1COC(=O)c1cccc2nc(C3CC3)n(Cc3ccc(-c4ccccc4C4=NC(O)ON4)cc3)c12. The summed E-state index contributed by atoms with van der Waals surface area (Å²) in [5, 5.41) is 9.64. The second-order valence-corrected chi connectivity index (χ2v) is 10.3. The molecule has 2 aromatic heterocycles. The van der Waals surface area contributed by atoms with Crippen molar-refractivity contribution in [1.82, 2.24) is 15.0 Å². The number of amidine groups is 1.